The van der Waals surface area contributed by atoms with Crippen LogP contribution < -0.4 is 0 Å². The van der Waals surface area contributed by atoms with Crippen molar-refractivity contribution in [3.8, 4) is 0 Å². The Kier molecular flexibility index (Phi) is 6.85. The highest BCUT2D eigenvalue weighted by atomic mass is 16.7. The Labute approximate surface area is 175 Å². The molecule has 4 atom stereocenters. The lowest BCUT2D eigenvalue weighted by molar-refractivity contribution is -0.199. The second-order valence-corrected chi connectivity index (χ2v) is 9.40. The first-order valence-corrected chi connectivity index (χ1v) is 10.8. The minimum absolute atomic E-state index is 0.186. The molecule has 0 spiro atoms. The van der Waals surface area contributed by atoms with E-state index in [9.17, 15) is 4.79 Å². The van der Waals surface area contributed by atoms with E-state index >= 15 is 0 Å². The number of carbonyl (C=O) groups excluding carboxylic acids is 1. The summed E-state index contributed by atoms with van der Waals surface area (Å²) in [5.74, 6) is 0.364. The smallest absolute Gasteiger partial charge is 0.334 e. The quantitative estimate of drug-likeness (QED) is 0.357. The molecular weight excluding hydrogens is 364 g/mol. The molecule has 2 fully saturated rings. The standard InChI is InChI=1S/C25H36O4/c1-18-7-9-19(10-8-18)15-21(23(26)28-5)20-11-14-24(2)12-6-13-25(3,22(24)16-20)29-17-27-4/h7-10,15,20,22H,6,11-14,16-17H2,1-5H3/b21-15+/t20-,22-,24-,25-/m1/s1. The zero-order valence-electron chi connectivity index (χ0n) is 18.6. The van der Waals surface area contributed by atoms with Crippen LogP contribution in [0.15, 0.2) is 29.8 Å². The lowest BCUT2D eigenvalue weighted by Crippen LogP contribution is -2.53. The summed E-state index contributed by atoms with van der Waals surface area (Å²) < 4.78 is 16.7. The largest absolute Gasteiger partial charge is 0.466 e. The Balaban J connectivity index is 1.90. The summed E-state index contributed by atoms with van der Waals surface area (Å²) in [5.41, 5.74) is 3.09. The van der Waals surface area contributed by atoms with Gasteiger partial charge in [-0.05, 0) is 74.8 Å². The highest BCUT2D eigenvalue weighted by molar-refractivity contribution is 5.94. The number of esters is 1. The van der Waals surface area contributed by atoms with Crippen LogP contribution in [-0.2, 0) is 19.0 Å². The Morgan fingerprint density at radius 3 is 2.52 bits per heavy atom. The van der Waals surface area contributed by atoms with E-state index < -0.39 is 0 Å². The Morgan fingerprint density at radius 1 is 1.14 bits per heavy atom. The highest BCUT2D eigenvalue weighted by Gasteiger charge is 2.53. The topological polar surface area (TPSA) is 44.8 Å². The van der Waals surface area contributed by atoms with E-state index in [0.29, 0.717) is 12.7 Å². The molecule has 0 bridgehead atoms. The summed E-state index contributed by atoms with van der Waals surface area (Å²) in [6, 6.07) is 8.29. The number of ether oxygens (including phenoxy) is 3. The molecule has 3 rings (SSSR count). The molecule has 1 aromatic rings. The van der Waals surface area contributed by atoms with E-state index in [1.807, 2.05) is 6.08 Å². The summed E-state index contributed by atoms with van der Waals surface area (Å²) in [4.78, 5) is 12.7. The van der Waals surface area contributed by atoms with Crippen molar-refractivity contribution in [3.05, 3.63) is 41.0 Å². The van der Waals surface area contributed by atoms with Crippen LogP contribution in [0, 0.1) is 24.2 Å². The summed E-state index contributed by atoms with van der Waals surface area (Å²) in [5, 5.41) is 0. The minimum atomic E-state index is -0.216. The van der Waals surface area contributed by atoms with E-state index in [0.717, 1.165) is 36.8 Å². The second-order valence-electron chi connectivity index (χ2n) is 9.40. The van der Waals surface area contributed by atoms with E-state index in [1.165, 1.54) is 25.5 Å². The molecule has 1 aromatic carbocycles. The number of carbonyl (C=O) groups is 1. The van der Waals surface area contributed by atoms with Crippen molar-refractivity contribution in [1.82, 2.24) is 0 Å². The van der Waals surface area contributed by atoms with Gasteiger partial charge in [0.2, 0.25) is 0 Å². The number of benzene rings is 1. The van der Waals surface area contributed by atoms with Crippen molar-refractivity contribution >= 4 is 12.0 Å². The van der Waals surface area contributed by atoms with Crippen LogP contribution in [0.1, 0.15) is 63.5 Å². The van der Waals surface area contributed by atoms with Gasteiger partial charge in [-0.25, -0.2) is 4.79 Å². The molecule has 2 aliphatic rings. The summed E-state index contributed by atoms with van der Waals surface area (Å²) in [6.45, 7) is 7.03. The molecule has 0 amide bonds. The van der Waals surface area contributed by atoms with Gasteiger partial charge in [0.05, 0.1) is 12.7 Å². The van der Waals surface area contributed by atoms with E-state index in [2.05, 4.69) is 45.0 Å². The lowest BCUT2D eigenvalue weighted by Gasteiger charge is -2.56. The van der Waals surface area contributed by atoms with Crippen LogP contribution in [0.4, 0.5) is 0 Å². The van der Waals surface area contributed by atoms with Crippen LogP contribution in [0.5, 0.6) is 0 Å². The fraction of sp³-hybridized carbons (Fsp3) is 0.640. The molecule has 0 heterocycles. The molecule has 0 radical (unpaired) electrons. The average molecular weight is 401 g/mol. The minimum Gasteiger partial charge on any atom is -0.466 e. The monoisotopic (exact) mass is 400 g/mol. The number of hydrogen-bond donors (Lipinski definition) is 0. The van der Waals surface area contributed by atoms with Gasteiger partial charge in [-0.3, -0.25) is 0 Å². The molecule has 0 unspecified atom stereocenters. The summed E-state index contributed by atoms with van der Waals surface area (Å²) in [6.07, 6.45) is 8.54. The van der Waals surface area contributed by atoms with Crippen LogP contribution in [0.25, 0.3) is 6.08 Å². The van der Waals surface area contributed by atoms with Gasteiger partial charge < -0.3 is 14.2 Å². The van der Waals surface area contributed by atoms with Gasteiger partial charge in [-0.2, -0.15) is 0 Å². The number of methoxy groups -OCH3 is 2. The van der Waals surface area contributed by atoms with Crippen molar-refractivity contribution < 1.29 is 19.0 Å². The SMILES string of the molecule is COCO[C@]1(C)CCC[C@]2(C)CC[C@@H](/C(=C\c3ccc(C)cc3)C(=O)OC)C[C@H]21. The van der Waals surface area contributed by atoms with Crippen molar-refractivity contribution in [1.29, 1.82) is 0 Å². The van der Waals surface area contributed by atoms with Gasteiger partial charge >= 0.3 is 5.97 Å². The van der Waals surface area contributed by atoms with E-state index in [1.54, 1.807) is 7.11 Å². The first-order chi connectivity index (χ1) is 13.8. The Morgan fingerprint density at radius 2 is 1.86 bits per heavy atom. The molecule has 0 aliphatic heterocycles. The predicted molar refractivity (Wildman–Crippen MR) is 115 cm³/mol. The van der Waals surface area contributed by atoms with E-state index in [-0.39, 0.29) is 22.9 Å². The molecule has 0 N–H and O–H groups in total. The van der Waals surface area contributed by atoms with Crippen LogP contribution in [-0.4, -0.2) is 32.6 Å². The number of hydrogen-bond acceptors (Lipinski definition) is 4. The molecule has 2 saturated carbocycles. The third kappa shape index (κ3) is 4.75. The van der Waals surface area contributed by atoms with Crippen molar-refractivity contribution in [2.24, 2.45) is 17.3 Å². The third-order valence-corrected chi connectivity index (χ3v) is 7.35. The van der Waals surface area contributed by atoms with Crippen molar-refractivity contribution in [2.45, 2.75) is 64.9 Å². The average Bonchev–Trinajstić information content (AvgIpc) is 2.71. The zero-order valence-corrected chi connectivity index (χ0v) is 18.6. The van der Waals surface area contributed by atoms with Gasteiger partial charge in [0.25, 0.3) is 0 Å². The number of aryl methyl sites for hydroxylation is 1. The van der Waals surface area contributed by atoms with Crippen molar-refractivity contribution in [3.63, 3.8) is 0 Å². The molecule has 29 heavy (non-hydrogen) atoms. The van der Waals surface area contributed by atoms with Gasteiger partial charge in [-0.1, -0.05) is 43.2 Å². The Hall–Kier alpha value is -1.65. The van der Waals surface area contributed by atoms with E-state index in [4.69, 9.17) is 14.2 Å². The van der Waals surface area contributed by atoms with Gasteiger partial charge in [0, 0.05) is 12.7 Å². The maximum atomic E-state index is 12.7. The highest BCUT2D eigenvalue weighted by Crippen LogP contribution is 2.57. The molecular formula is C25H36O4. The number of fused-ring (bicyclic) bond motifs is 1. The van der Waals surface area contributed by atoms with Crippen LogP contribution >= 0.6 is 0 Å². The lowest BCUT2D eigenvalue weighted by atomic mass is 9.53. The van der Waals surface area contributed by atoms with Crippen molar-refractivity contribution in [2.75, 3.05) is 21.0 Å². The maximum absolute atomic E-state index is 12.7. The van der Waals surface area contributed by atoms with Crippen LogP contribution in [0.3, 0.4) is 0 Å². The first-order valence-electron chi connectivity index (χ1n) is 10.8. The molecule has 160 valence electrons. The third-order valence-electron chi connectivity index (χ3n) is 7.35. The molecule has 2 aliphatic carbocycles. The van der Waals surface area contributed by atoms with Crippen LogP contribution in [0.2, 0.25) is 0 Å². The molecule has 4 nitrogen and oxygen atoms in total. The Bertz CT molecular complexity index is 738. The molecule has 0 aromatic heterocycles. The molecule has 0 saturated heterocycles. The first kappa shape index (κ1) is 22.0. The second kappa shape index (κ2) is 9.01. The zero-order chi connectivity index (χ0) is 21.1. The van der Waals surface area contributed by atoms with Gasteiger partial charge in [0.1, 0.15) is 6.79 Å². The predicted octanol–water partition coefficient (Wildman–Crippen LogP) is 5.54. The normalized spacial score (nSPS) is 32.5. The summed E-state index contributed by atoms with van der Waals surface area (Å²) in [7, 11) is 3.15. The number of rotatable bonds is 6. The summed E-state index contributed by atoms with van der Waals surface area (Å²) >= 11 is 0. The molecule has 4 heteroatoms. The van der Waals surface area contributed by atoms with Gasteiger partial charge in [-0.15, -0.1) is 0 Å². The van der Waals surface area contributed by atoms with Gasteiger partial charge in [0.15, 0.2) is 0 Å². The maximum Gasteiger partial charge on any atom is 0.334 e. The fourth-order valence-corrected chi connectivity index (χ4v) is 5.62. The fourth-order valence-electron chi connectivity index (χ4n) is 5.62.